The smallest absolute Gasteiger partial charge is 0.254 e. The molecule has 0 bridgehead atoms. The Morgan fingerprint density at radius 2 is 1.96 bits per heavy atom. The summed E-state index contributed by atoms with van der Waals surface area (Å²) in [6.07, 6.45) is 0.0930. The number of hydrogen-bond acceptors (Lipinski definition) is 3. The van der Waals surface area contributed by atoms with Crippen molar-refractivity contribution in [2.45, 2.75) is 46.4 Å². The molecule has 1 fully saturated rings. The molecular formula is C19H25N3O2. The standard InChI is InChI=1S/C19H25N3O2/c1-13-9-14(2)22(20-13)11-17-5-7-18(8-6-17)19(23)21-10-16(4)24-12-15(21)3/h5-9,15-16H,10-12H2,1-4H3/t15-,16+/m0/s1. The first kappa shape index (κ1) is 16.7. The zero-order valence-corrected chi connectivity index (χ0v) is 14.8. The van der Waals surface area contributed by atoms with Crippen LogP contribution in [-0.2, 0) is 11.3 Å². The largest absolute Gasteiger partial charge is 0.375 e. The number of carbonyl (C=O) groups is 1. The first-order valence-corrected chi connectivity index (χ1v) is 8.46. The van der Waals surface area contributed by atoms with Gasteiger partial charge in [-0.05, 0) is 51.5 Å². The van der Waals surface area contributed by atoms with Crippen LogP contribution in [0.3, 0.4) is 0 Å². The van der Waals surface area contributed by atoms with Gasteiger partial charge in [0.1, 0.15) is 0 Å². The van der Waals surface area contributed by atoms with Crippen molar-refractivity contribution in [3.05, 3.63) is 52.8 Å². The van der Waals surface area contributed by atoms with Gasteiger partial charge >= 0.3 is 0 Å². The molecule has 5 nitrogen and oxygen atoms in total. The molecule has 0 unspecified atom stereocenters. The number of amides is 1. The number of benzene rings is 1. The van der Waals surface area contributed by atoms with Crippen LogP contribution in [0.1, 0.15) is 41.2 Å². The third-order valence-electron chi connectivity index (χ3n) is 4.51. The zero-order valence-electron chi connectivity index (χ0n) is 14.8. The molecular weight excluding hydrogens is 302 g/mol. The summed E-state index contributed by atoms with van der Waals surface area (Å²) >= 11 is 0. The highest BCUT2D eigenvalue weighted by Gasteiger charge is 2.28. The van der Waals surface area contributed by atoms with Gasteiger partial charge in [-0.15, -0.1) is 0 Å². The molecule has 128 valence electrons. The van der Waals surface area contributed by atoms with Crippen LogP contribution in [-0.4, -0.2) is 45.9 Å². The van der Waals surface area contributed by atoms with Gasteiger partial charge in [-0.25, -0.2) is 0 Å². The van der Waals surface area contributed by atoms with Gasteiger partial charge in [-0.3, -0.25) is 9.48 Å². The third-order valence-corrected chi connectivity index (χ3v) is 4.51. The minimum absolute atomic E-state index is 0.0790. The second-order valence-electron chi connectivity index (χ2n) is 6.73. The van der Waals surface area contributed by atoms with Crippen LogP contribution in [0.25, 0.3) is 0 Å². The predicted octanol–water partition coefficient (Wildman–Crippen LogP) is 2.80. The topological polar surface area (TPSA) is 47.4 Å². The van der Waals surface area contributed by atoms with Gasteiger partial charge < -0.3 is 9.64 Å². The Balaban J connectivity index is 1.72. The van der Waals surface area contributed by atoms with Gasteiger partial charge in [0.2, 0.25) is 0 Å². The minimum atomic E-state index is 0.0790. The van der Waals surface area contributed by atoms with Gasteiger partial charge in [0.05, 0.1) is 31.0 Å². The van der Waals surface area contributed by atoms with Crippen molar-refractivity contribution in [3.63, 3.8) is 0 Å². The summed E-state index contributed by atoms with van der Waals surface area (Å²) in [5, 5.41) is 4.48. The van der Waals surface area contributed by atoms with Crippen LogP contribution in [0, 0.1) is 13.8 Å². The Hall–Kier alpha value is -2.14. The SMILES string of the molecule is Cc1cc(C)n(Cc2ccc(C(=O)N3C[C@@H](C)OC[C@@H]3C)cc2)n1. The van der Waals surface area contributed by atoms with E-state index < -0.39 is 0 Å². The molecule has 1 aliphatic heterocycles. The summed E-state index contributed by atoms with van der Waals surface area (Å²) in [5.41, 5.74) is 4.03. The molecule has 1 aromatic carbocycles. The number of hydrogen-bond donors (Lipinski definition) is 0. The molecule has 0 saturated carbocycles. The number of ether oxygens (including phenoxy) is 1. The van der Waals surface area contributed by atoms with Crippen molar-refractivity contribution in [3.8, 4) is 0 Å². The first-order valence-electron chi connectivity index (χ1n) is 8.46. The average molecular weight is 327 g/mol. The van der Waals surface area contributed by atoms with E-state index in [9.17, 15) is 4.79 Å². The Bertz CT molecular complexity index is 721. The summed E-state index contributed by atoms with van der Waals surface area (Å²) in [6, 6.07) is 10.0. The molecule has 1 amide bonds. The second-order valence-corrected chi connectivity index (χ2v) is 6.73. The lowest BCUT2D eigenvalue weighted by Gasteiger charge is -2.36. The number of nitrogens with zero attached hydrogens (tertiary/aromatic N) is 3. The Morgan fingerprint density at radius 1 is 1.25 bits per heavy atom. The summed E-state index contributed by atoms with van der Waals surface area (Å²) < 4.78 is 7.59. The predicted molar refractivity (Wildman–Crippen MR) is 93.2 cm³/mol. The molecule has 1 saturated heterocycles. The lowest BCUT2D eigenvalue weighted by molar-refractivity contribution is -0.0387. The van der Waals surface area contributed by atoms with Gasteiger partial charge in [0, 0.05) is 17.8 Å². The van der Waals surface area contributed by atoms with E-state index in [0.29, 0.717) is 13.2 Å². The molecule has 2 atom stereocenters. The normalized spacial score (nSPS) is 21.1. The van der Waals surface area contributed by atoms with Crippen LogP contribution >= 0.6 is 0 Å². The van der Waals surface area contributed by atoms with Gasteiger partial charge in [0.15, 0.2) is 0 Å². The van der Waals surface area contributed by atoms with Crippen molar-refractivity contribution in [1.82, 2.24) is 14.7 Å². The summed E-state index contributed by atoms with van der Waals surface area (Å²) in [7, 11) is 0. The summed E-state index contributed by atoms with van der Waals surface area (Å²) in [4.78, 5) is 14.6. The van der Waals surface area contributed by atoms with Crippen LogP contribution in [0.15, 0.2) is 30.3 Å². The molecule has 1 aliphatic rings. The van der Waals surface area contributed by atoms with Crippen molar-refractivity contribution in [2.75, 3.05) is 13.2 Å². The molecule has 24 heavy (non-hydrogen) atoms. The molecule has 3 rings (SSSR count). The minimum Gasteiger partial charge on any atom is -0.375 e. The van der Waals surface area contributed by atoms with Gasteiger partial charge in [-0.2, -0.15) is 5.10 Å². The number of morpholine rings is 1. The molecule has 2 aromatic rings. The molecule has 0 spiro atoms. The lowest BCUT2D eigenvalue weighted by atomic mass is 10.1. The second kappa shape index (κ2) is 6.77. The quantitative estimate of drug-likeness (QED) is 0.871. The van der Waals surface area contributed by atoms with Gasteiger partial charge in [-0.1, -0.05) is 12.1 Å². The summed E-state index contributed by atoms with van der Waals surface area (Å²) in [5.74, 6) is 0.0790. The molecule has 1 aromatic heterocycles. The highest BCUT2D eigenvalue weighted by atomic mass is 16.5. The molecule has 0 radical (unpaired) electrons. The lowest BCUT2D eigenvalue weighted by Crippen LogP contribution is -2.50. The van der Waals surface area contributed by atoms with E-state index in [1.165, 1.54) is 0 Å². The Labute approximate surface area is 143 Å². The number of carbonyl (C=O) groups excluding carboxylic acids is 1. The molecule has 0 aliphatic carbocycles. The number of aryl methyl sites for hydroxylation is 2. The van der Waals surface area contributed by atoms with Crippen molar-refractivity contribution >= 4 is 5.91 Å². The van der Waals surface area contributed by atoms with E-state index in [0.717, 1.165) is 29.1 Å². The summed E-state index contributed by atoms with van der Waals surface area (Å²) in [6.45, 7) is 10.1. The molecule has 0 N–H and O–H groups in total. The Morgan fingerprint density at radius 3 is 2.58 bits per heavy atom. The third kappa shape index (κ3) is 3.51. The highest BCUT2D eigenvalue weighted by Crippen LogP contribution is 2.16. The van der Waals surface area contributed by atoms with E-state index in [1.807, 2.05) is 54.6 Å². The fraction of sp³-hybridized carbons (Fsp3) is 0.474. The van der Waals surface area contributed by atoms with Crippen LogP contribution in [0.5, 0.6) is 0 Å². The van der Waals surface area contributed by atoms with Crippen LogP contribution < -0.4 is 0 Å². The highest BCUT2D eigenvalue weighted by molar-refractivity contribution is 5.94. The average Bonchev–Trinajstić information content (AvgIpc) is 2.87. The van der Waals surface area contributed by atoms with E-state index in [4.69, 9.17) is 4.74 Å². The van der Waals surface area contributed by atoms with Crippen molar-refractivity contribution < 1.29 is 9.53 Å². The molecule has 5 heteroatoms. The number of aromatic nitrogens is 2. The van der Waals surface area contributed by atoms with E-state index in [-0.39, 0.29) is 18.1 Å². The maximum atomic E-state index is 12.7. The Kier molecular flexibility index (Phi) is 4.71. The van der Waals surface area contributed by atoms with Gasteiger partial charge in [0.25, 0.3) is 5.91 Å². The van der Waals surface area contributed by atoms with Crippen LogP contribution in [0.4, 0.5) is 0 Å². The fourth-order valence-electron chi connectivity index (χ4n) is 3.11. The first-order chi connectivity index (χ1) is 11.4. The van der Waals surface area contributed by atoms with E-state index in [2.05, 4.69) is 18.1 Å². The number of rotatable bonds is 3. The zero-order chi connectivity index (χ0) is 17.3. The van der Waals surface area contributed by atoms with Crippen LogP contribution in [0.2, 0.25) is 0 Å². The van der Waals surface area contributed by atoms with Crippen molar-refractivity contribution in [1.29, 1.82) is 0 Å². The monoisotopic (exact) mass is 327 g/mol. The molecule has 2 heterocycles. The maximum Gasteiger partial charge on any atom is 0.254 e. The maximum absolute atomic E-state index is 12.7. The van der Waals surface area contributed by atoms with E-state index in [1.54, 1.807) is 0 Å². The van der Waals surface area contributed by atoms with Crippen molar-refractivity contribution in [2.24, 2.45) is 0 Å². The van der Waals surface area contributed by atoms with E-state index >= 15 is 0 Å². The fourth-order valence-corrected chi connectivity index (χ4v) is 3.11.